The van der Waals surface area contributed by atoms with Crippen molar-refractivity contribution in [3.63, 3.8) is 0 Å². The van der Waals surface area contributed by atoms with Gasteiger partial charge >= 0.3 is 5.97 Å². The topological polar surface area (TPSA) is 89.9 Å². The van der Waals surface area contributed by atoms with Gasteiger partial charge in [-0.2, -0.15) is 0 Å². The van der Waals surface area contributed by atoms with Crippen molar-refractivity contribution in [1.29, 1.82) is 0 Å². The molecule has 0 bridgehead atoms. The van der Waals surface area contributed by atoms with Crippen LogP contribution in [0.2, 0.25) is 0 Å². The second-order valence-corrected chi connectivity index (χ2v) is 4.88. The van der Waals surface area contributed by atoms with Gasteiger partial charge in [0.05, 0.1) is 0 Å². The van der Waals surface area contributed by atoms with Gasteiger partial charge in [0.15, 0.2) is 0 Å². The Balaban J connectivity index is 2.58. The Bertz CT molecular complexity index is 457. The molecule has 1 rings (SSSR count). The highest BCUT2D eigenvalue weighted by Gasteiger charge is 2.20. The molecule has 0 aliphatic rings. The maximum Gasteiger partial charge on any atom is 0.326 e. The second-order valence-electron chi connectivity index (χ2n) is 4.88. The van der Waals surface area contributed by atoms with Crippen LogP contribution in [0.3, 0.4) is 0 Å². The summed E-state index contributed by atoms with van der Waals surface area (Å²) in [4.78, 5) is 24.7. The van der Waals surface area contributed by atoms with E-state index in [2.05, 4.69) is 5.32 Å². The SMILES string of the molecule is CN(C)CCC(=O)N[C@H](Cc1ccc(O)cc1)C(=O)O. The number of aliphatic carboxylic acids is 1. The number of carbonyl (C=O) groups is 2. The molecular weight excluding hydrogens is 260 g/mol. The Morgan fingerprint density at radius 1 is 1.25 bits per heavy atom. The Labute approximate surface area is 118 Å². The number of carboxylic acids is 1. The van der Waals surface area contributed by atoms with Crippen LogP contribution in [0.25, 0.3) is 0 Å². The van der Waals surface area contributed by atoms with Crippen LogP contribution in [0.15, 0.2) is 24.3 Å². The lowest BCUT2D eigenvalue weighted by molar-refractivity contribution is -0.141. The van der Waals surface area contributed by atoms with E-state index in [-0.39, 0.29) is 24.5 Å². The van der Waals surface area contributed by atoms with E-state index in [1.165, 1.54) is 12.1 Å². The summed E-state index contributed by atoms with van der Waals surface area (Å²) in [5, 5.41) is 20.8. The van der Waals surface area contributed by atoms with Crippen LogP contribution in [0.4, 0.5) is 0 Å². The smallest absolute Gasteiger partial charge is 0.326 e. The number of nitrogens with one attached hydrogen (secondary N) is 1. The number of aromatic hydroxyl groups is 1. The number of hydrogen-bond acceptors (Lipinski definition) is 4. The summed E-state index contributed by atoms with van der Waals surface area (Å²) in [5.41, 5.74) is 0.739. The van der Waals surface area contributed by atoms with E-state index in [1.54, 1.807) is 12.1 Å². The number of amides is 1. The second kappa shape index (κ2) is 7.49. The zero-order valence-corrected chi connectivity index (χ0v) is 11.7. The molecule has 0 unspecified atom stereocenters. The van der Waals surface area contributed by atoms with Gasteiger partial charge in [-0.1, -0.05) is 12.1 Å². The summed E-state index contributed by atoms with van der Waals surface area (Å²) in [6, 6.07) is 5.29. The number of benzene rings is 1. The predicted molar refractivity (Wildman–Crippen MR) is 74.5 cm³/mol. The van der Waals surface area contributed by atoms with Gasteiger partial charge in [-0.25, -0.2) is 4.79 Å². The van der Waals surface area contributed by atoms with Crippen LogP contribution in [0.5, 0.6) is 5.75 Å². The van der Waals surface area contributed by atoms with Crippen LogP contribution < -0.4 is 5.32 Å². The average Bonchev–Trinajstić information content (AvgIpc) is 2.38. The van der Waals surface area contributed by atoms with Gasteiger partial charge in [0.25, 0.3) is 0 Å². The van der Waals surface area contributed by atoms with Gasteiger partial charge < -0.3 is 20.4 Å². The van der Waals surface area contributed by atoms with Gasteiger partial charge in [-0.3, -0.25) is 4.79 Å². The molecule has 0 saturated carbocycles. The molecule has 1 amide bonds. The largest absolute Gasteiger partial charge is 0.508 e. The molecule has 0 fully saturated rings. The van der Waals surface area contributed by atoms with Crippen molar-refractivity contribution in [3.05, 3.63) is 29.8 Å². The molecular formula is C14H20N2O4. The van der Waals surface area contributed by atoms with E-state index in [9.17, 15) is 14.7 Å². The number of carboxylic acid groups (broad SMARTS) is 1. The van der Waals surface area contributed by atoms with Crippen molar-refractivity contribution in [2.45, 2.75) is 18.9 Å². The molecule has 1 atom stereocenters. The van der Waals surface area contributed by atoms with E-state index >= 15 is 0 Å². The van der Waals surface area contributed by atoms with Crippen LogP contribution >= 0.6 is 0 Å². The number of phenolic OH excluding ortho intramolecular Hbond substituents is 1. The van der Waals surface area contributed by atoms with Crippen molar-refractivity contribution in [2.75, 3.05) is 20.6 Å². The quantitative estimate of drug-likeness (QED) is 0.675. The zero-order valence-electron chi connectivity index (χ0n) is 11.7. The van der Waals surface area contributed by atoms with Crippen LogP contribution in [0, 0.1) is 0 Å². The summed E-state index contributed by atoms with van der Waals surface area (Å²) in [6.07, 6.45) is 0.440. The summed E-state index contributed by atoms with van der Waals surface area (Å²) in [7, 11) is 3.69. The van der Waals surface area contributed by atoms with E-state index in [0.717, 1.165) is 5.56 Å². The third-order valence-electron chi connectivity index (χ3n) is 2.80. The predicted octanol–water partition coefficient (Wildman–Crippen LogP) is 0.456. The molecule has 0 aliphatic heterocycles. The molecule has 0 spiro atoms. The summed E-state index contributed by atoms with van der Waals surface area (Å²) >= 11 is 0. The number of phenols is 1. The highest BCUT2D eigenvalue weighted by Crippen LogP contribution is 2.11. The fourth-order valence-electron chi connectivity index (χ4n) is 1.66. The number of carbonyl (C=O) groups excluding carboxylic acids is 1. The number of rotatable bonds is 7. The first-order valence-corrected chi connectivity index (χ1v) is 6.33. The molecule has 110 valence electrons. The first-order valence-electron chi connectivity index (χ1n) is 6.33. The minimum Gasteiger partial charge on any atom is -0.508 e. The molecule has 3 N–H and O–H groups in total. The molecule has 1 aromatic rings. The number of nitrogens with zero attached hydrogens (tertiary/aromatic N) is 1. The van der Waals surface area contributed by atoms with E-state index in [0.29, 0.717) is 6.54 Å². The third-order valence-corrected chi connectivity index (χ3v) is 2.80. The minimum absolute atomic E-state index is 0.121. The Morgan fingerprint density at radius 3 is 2.35 bits per heavy atom. The molecule has 0 radical (unpaired) electrons. The standard InChI is InChI=1S/C14H20N2O4/c1-16(2)8-7-13(18)15-12(14(19)20)9-10-3-5-11(17)6-4-10/h3-6,12,17H,7-9H2,1-2H3,(H,15,18)(H,19,20)/t12-/m1/s1. The molecule has 6 heteroatoms. The van der Waals surface area contributed by atoms with Gasteiger partial charge in [0.2, 0.25) is 5.91 Å². The number of hydrogen-bond donors (Lipinski definition) is 3. The highest BCUT2D eigenvalue weighted by molar-refractivity contribution is 5.83. The molecule has 0 aliphatic carbocycles. The van der Waals surface area contributed by atoms with E-state index < -0.39 is 12.0 Å². The van der Waals surface area contributed by atoms with Crippen molar-refractivity contribution >= 4 is 11.9 Å². The maximum atomic E-state index is 11.7. The highest BCUT2D eigenvalue weighted by atomic mass is 16.4. The van der Waals surface area contributed by atoms with Gasteiger partial charge in [0, 0.05) is 19.4 Å². The van der Waals surface area contributed by atoms with Crippen molar-refractivity contribution in [2.24, 2.45) is 0 Å². The van der Waals surface area contributed by atoms with Gasteiger partial charge in [-0.05, 0) is 31.8 Å². The Kier molecular flexibility index (Phi) is 5.99. The summed E-state index contributed by atoms with van der Waals surface area (Å²) in [5.74, 6) is -1.24. The molecule has 6 nitrogen and oxygen atoms in total. The monoisotopic (exact) mass is 280 g/mol. The lowest BCUT2D eigenvalue weighted by Gasteiger charge is -2.16. The third kappa shape index (κ3) is 5.71. The van der Waals surface area contributed by atoms with Crippen molar-refractivity contribution < 1.29 is 19.8 Å². The summed E-state index contributed by atoms with van der Waals surface area (Å²) < 4.78 is 0. The fourth-order valence-corrected chi connectivity index (χ4v) is 1.66. The van der Waals surface area contributed by atoms with Crippen LogP contribution in [0.1, 0.15) is 12.0 Å². The molecule has 0 saturated heterocycles. The maximum absolute atomic E-state index is 11.7. The van der Waals surface area contributed by atoms with E-state index in [1.807, 2.05) is 19.0 Å². The molecule has 1 aromatic carbocycles. The van der Waals surface area contributed by atoms with Gasteiger partial charge in [-0.15, -0.1) is 0 Å². The Hall–Kier alpha value is -2.08. The normalized spacial score (nSPS) is 12.2. The van der Waals surface area contributed by atoms with Crippen LogP contribution in [-0.2, 0) is 16.0 Å². The van der Waals surface area contributed by atoms with Gasteiger partial charge in [0.1, 0.15) is 11.8 Å². The van der Waals surface area contributed by atoms with Crippen molar-refractivity contribution in [1.82, 2.24) is 10.2 Å². The fraction of sp³-hybridized carbons (Fsp3) is 0.429. The lowest BCUT2D eigenvalue weighted by Crippen LogP contribution is -2.43. The molecule has 20 heavy (non-hydrogen) atoms. The zero-order chi connectivity index (χ0) is 15.1. The van der Waals surface area contributed by atoms with Crippen LogP contribution in [-0.4, -0.2) is 53.7 Å². The minimum atomic E-state index is -1.07. The molecule has 0 aromatic heterocycles. The van der Waals surface area contributed by atoms with E-state index in [4.69, 9.17) is 5.11 Å². The first-order chi connectivity index (χ1) is 9.38. The molecule has 0 heterocycles. The van der Waals surface area contributed by atoms with Crippen molar-refractivity contribution in [3.8, 4) is 5.75 Å². The lowest BCUT2D eigenvalue weighted by atomic mass is 10.1. The summed E-state index contributed by atoms with van der Waals surface area (Å²) in [6.45, 7) is 0.567. The first kappa shape index (κ1) is 16.0. The Morgan fingerprint density at radius 2 is 1.85 bits per heavy atom. The average molecular weight is 280 g/mol.